The molecule has 0 aliphatic carbocycles. The van der Waals surface area contributed by atoms with Crippen LogP contribution in [0.2, 0.25) is 0 Å². The van der Waals surface area contributed by atoms with E-state index in [0.29, 0.717) is 11.5 Å². The first-order chi connectivity index (χ1) is 12.6. The van der Waals surface area contributed by atoms with Crippen LogP contribution in [0.15, 0.2) is 53.6 Å². The summed E-state index contributed by atoms with van der Waals surface area (Å²) in [4.78, 5) is 18.8. The summed E-state index contributed by atoms with van der Waals surface area (Å²) in [5, 5.41) is 2.51. The number of thioether (sulfide) groups is 1. The van der Waals surface area contributed by atoms with Crippen LogP contribution in [0.3, 0.4) is 0 Å². The van der Waals surface area contributed by atoms with Gasteiger partial charge in [-0.05, 0) is 42.2 Å². The average molecular weight is 388 g/mol. The number of hydrogen-bond donors (Lipinski definition) is 1. The lowest BCUT2D eigenvalue weighted by Gasteiger charge is -2.18. The molecule has 2 rings (SSSR count). The highest BCUT2D eigenvalue weighted by atomic mass is 32.2. The molecule has 0 aliphatic heterocycles. The van der Waals surface area contributed by atoms with Gasteiger partial charge in [0.1, 0.15) is 18.2 Å². The lowest BCUT2D eigenvalue weighted by molar-refractivity contribution is -0.115. The van der Waals surface area contributed by atoms with Gasteiger partial charge in [0.2, 0.25) is 0 Å². The van der Waals surface area contributed by atoms with E-state index in [1.54, 1.807) is 6.20 Å². The van der Waals surface area contributed by atoms with Crippen molar-refractivity contribution in [1.29, 1.82) is 0 Å². The Bertz CT molecular complexity index is 749. The van der Waals surface area contributed by atoms with Crippen LogP contribution < -0.4 is 15.0 Å². The molecule has 1 heterocycles. The van der Waals surface area contributed by atoms with Crippen LogP contribution in [0, 0.1) is 0 Å². The van der Waals surface area contributed by atoms with Crippen LogP contribution in [0.1, 0.15) is 5.56 Å². The number of amides is 1. The number of hydrogen-bond acceptors (Lipinski definition) is 6. The van der Waals surface area contributed by atoms with Crippen molar-refractivity contribution >= 4 is 47.3 Å². The normalized spacial score (nSPS) is 10.9. The Morgan fingerprint density at radius 2 is 2.08 bits per heavy atom. The summed E-state index contributed by atoms with van der Waals surface area (Å²) < 4.78 is 5.78. The molecule has 0 saturated heterocycles. The second kappa shape index (κ2) is 10.6. The van der Waals surface area contributed by atoms with E-state index >= 15 is 0 Å². The highest BCUT2D eigenvalue weighted by Crippen LogP contribution is 2.19. The Morgan fingerprint density at radius 3 is 2.69 bits per heavy atom. The minimum Gasteiger partial charge on any atom is -0.492 e. The van der Waals surface area contributed by atoms with Gasteiger partial charge in [-0.15, -0.1) is 11.8 Å². The summed E-state index contributed by atoms with van der Waals surface area (Å²) in [5.74, 6) is 1.49. The largest absolute Gasteiger partial charge is 0.492 e. The first-order valence-electron chi connectivity index (χ1n) is 7.99. The topological polar surface area (TPSA) is 54.5 Å². The maximum atomic E-state index is 11.8. The maximum absolute atomic E-state index is 11.8. The van der Waals surface area contributed by atoms with Gasteiger partial charge in [0.05, 0.1) is 16.9 Å². The first kappa shape index (κ1) is 19.9. The number of carbonyl (C=O) groups is 1. The zero-order chi connectivity index (χ0) is 18.8. The van der Waals surface area contributed by atoms with Crippen molar-refractivity contribution in [3.8, 4) is 5.75 Å². The number of nitrogens with zero attached hydrogens (tertiary/aromatic N) is 2. The highest BCUT2D eigenvalue weighted by molar-refractivity contribution is 8.03. The van der Waals surface area contributed by atoms with E-state index in [2.05, 4.69) is 22.5 Å². The first-order valence-corrected chi connectivity index (χ1v) is 9.69. The zero-order valence-corrected chi connectivity index (χ0v) is 16.3. The van der Waals surface area contributed by atoms with E-state index in [-0.39, 0.29) is 5.91 Å². The zero-order valence-electron chi connectivity index (χ0n) is 14.7. The van der Waals surface area contributed by atoms with E-state index in [1.807, 2.05) is 66.7 Å². The molecule has 26 heavy (non-hydrogen) atoms. The highest BCUT2D eigenvalue weighted by Gasteiger charge is 2.07. The standard InChI is InChI=1S/C19H21N3O2S2/c1-22(18-5-3-4-10-20-18)11-12-24-16-8-6-15(7-9-16)13-17(26-2)19(23)21-14-25/h3-10,13-14H,11-12H2,1-2H3,(H,21,23,25)/b17-13-. The molecule has 1 aromatic carbocycles. The van der Waals surface area contributed by atoms with Gasteiger partial charge in [-0.25, -0.2) is 4.98 Å². The molecule has 0 fully saturated rings. The number of likely N-dealkylation sites (N-methyl/N-ethyl adjacent to an activating group) is 1. The van der Waals surface area contributed by atoms with Crippen LogP contribution in [0.5, 0.6) is 5.75 Å². The second-order valence-corrected chi connectivity index (χ2v) is 6.41. The van der Waals surface area contributed by atoms with Gasteiger partial charge in [0.15, 0.2) is 0 Å². The number of thiocarbonyl (C=S) groups is 1. The summed E-state index contributed by atoms with van der Waals surface area (Å²) in [6, 6.07) is 13.4. The van der Waals surface area contributed by atoms with E-state index in [9.17, 15) is 4.79 Å². The number of ether oxygens (including phenoxy) is 1. The van der Waals surface area contributed by atoms with Gasteiger partial charge >= 0.3 is 0 Å². The van der Waals surface area contributed by atoms with Gasteiger partial charge in [-0.3, -0.25) is 4.79 Å². The Kier molecular flexibility index (Phi) is 8.11. The molecule has 1 aromatic heterocycles. The van der Waals surface area contributed by atoms with Crippen molar-refractivity contribution in [1.82, 2.24) is 10.3 Å². The average Bonchev–Trinajstić information content (AvgIpc) is 2.68. The van der Waals surface area contributed by atoms with E-state index in [4.69, 9.17) is 4.74 Å². The number of aromatic nitrogens is 1. The van der Waals surface area contributed by atoms with E-state index in [0.717, 1.165) is 23.7 Å². The molecule has 1 N–H and O–H groups in total. The fourth-order valence-electron chi connectivity index (χ4n) is 2.15. The van der Waals surface area contributed by atoms with Gasteiger partial charge in [0.25, 0.3) is 5.91 Å². The number of anilines is 1. The Hall–Kier alpha value is -2.38. The van der Waals surface area contributed by atoms with Crippen LogP contribution in [-0.2, 0) is 4.79 Å². The van der Waals surface area contributed by atoms with Gasteiger partial charge in [-0.1, -0.05) is 30.4 Å². The predicted octanol–water partition coefficient (Wildman–Crippen LogP) is 3.37. The summed E-state index contributed by atoms with van der Waals surface area (Å²) in [6.07, 6.45) is 5.44. The van der Waals surface area contributed by atoms with Crippen LogP contribution >= 0.6 is 24.0 Å². The summed E-state index contributed by atoms with van der Waals surface area (Å²) in [6.45, 7) is 1.28. The number of nitrogens with one attached hydrogen (secondary N) is 1. The molecular formula is C19H21N3O2S2. The minimum absolute atomic E-state index is 0.203. The van der Waals surface area contributed by atoms with Crippen LogP contribution in [0.25, 0.3) is 6.08 Å². The quantitative estimate of drug-likeness (QED) is 0.526. The van der Waals surface area contributed by atoms with Crippen molar-refractivity contribution in [2.45, 2.75) is 0 Å². The minimum atomic E-state index is -0.203. The number of pyridine rings is 1. The molecule has 0 radical (unpaired) electrons. The Labute approximate surface area is 163 Å². The molecule has 0 aliphatic rings. The fraction of sp³-hybridized carbons (Fsp3) is 0.211. The Balaban J connectivity index is 1.89. The fourth-order valence-corrected chi connectivity index (χ4v) is 2.75. The monoisotopic (exact) mass is 387 g/mol. The second-order valence-electron chi connectivity index (χ2n) is 5.33. The third-order valence-electron chi connectivity index (χ3n) is 3.55. The third-order valence-corrected chi connectivity index (χ3v) is 4.41. The Morgan fingerprint density at radius 1 is 1.31 bits per heavy atom. The summed E-state index contributed by atoms with van der Waals surface area (Å²) in [7, 11) is 1.98. The summed E-state index contributed by atoms with van der Waals surface area (Å²) >= 11 is 6.02. The number of benzene rings is 1. The van der Waals surface area contributed by atoms with Crippen molar-refractivity contribution in [2.24, 2.45) is 0 Å². The third kappa shape index (κ3) is 6.16. The number of rotatable bonds is 9. The SMILES string of the molecule is CS/C(=C\c1ccc(OCCN(C)c2ccccn2)cc1)C(=O)NC=S. The summed E-state index contributed by atoms with van der Waals surface area (Å²) in [5.41, 5.74) is 2.14. The predicted molar refractivity (Wildman–Crippen MR) is 113 cm³/mol. The molecule has 5 nitrogen and oxygen atoms in total. The van der Waals surface area contributed by atoms with Crippen LogP contribution in [-0.4, -0.2) is 42.8 Å². The smallest absolute Gasteiger partial charge is 0.262 e. The molecule has 136 valence electrons. The number of carbonyl (C=O) groups excluding carboxylic acids is 1. The molecule has 0 saturated carbocycles. The maximum Gasteiger partial charge on any atom is 0.262 e. The van der Waals surface area contributed by atoms with Crippen molar-refractivity contribution < 1.29 is 9.53 Å². The lowest BCUT2D eigenvalue weighted by Crippen LogP contribution is -2.24. The van der Waals surface area contributed by atoms with Crippen LogP contribution in [0.4, 0.5) is 5.82 Å². The van der Waals surface area contributed by atoms with Crippen molar-refractivity contribution in [3.63, 3.8) is 0 Å². The molecule has 0 spiro atoms. The molecule has 1 amide bonds. The lowest BCUT2D eigenvalue weighted by atomic mass is 10.2. The molecule has 2 aromatic rings. The molecule has 0 atom stereocenters. The van der Waals surface area contributed by atoms with Crippen molar-refractivity contribution in [2.75, 3.05) is 31.4 Å². The molecule has 0 bridgehead atoms. The molecular weight excluding hydrogens is 366 g/mol. The van der Waals surface area contributed by atoms with E-state index in [1.165, 1.54) is 17.3 Å². The van der Waals surface area contributed by atoms with Crippen molar-refractivity contribution in [3.05, 3.63) is 59.1 Å². The molecule has 7 heteroatoms. The van der Waals surface area contributed by atoms with Gasteiger partial charge < -0.3 is 15.0 Å². The van der Waals surface area contributed by atoms with Gasteiger partial charge in [0, 0.05) is 13.2 Å². The molecule has 0 unspecified atom stereocenters. The van der Waals surface area contributed by atoms with E-state index < -0.39 is 0 Å². The van der Waals surface area contributed by atoms with Gasteiger partial charge in [-0.2, -0.15) is 0 Å².